The summed E-state index contributed by atoms with van der Waals surface area (Å²) in [6, 6.07) is 8.17. The van der Waals surface area contributed by atoms with Crippen molar-refractivity contribution in [3.8, 4) is 0 Å². The van der Waals surface area contributed by atoms with E-state index in [1.54, 1.807) is 0 Å². The molecule has 1 aliphatic rings. The largest absolute Gasteiger partial charge is 0.326 e. The van der Waals surface area contributed by atoms with Crippen LogP contribution in [0.2, 0.25) is 0 Å². The molecule has 2 N–H and O–H groups in total. The van der Waals surface area contributed by atoms with E-state index < -0.39 is 0 Å². The van der Waals surface area contributed by atoms with E-state index >= 15 is 0 Å². The number of hydrogen-bond donors (Lipinski definition) is 2. The second kappa shape index (κ2) is 6.96. The summed E-state index contributed by atoms with van der Waals surface area (Å²) in [6.45, 7) is 6.14. The fourth-order valence-electron chi connectivity index (χ4n) is 2.12. The van der Waals surface area contributed by atoms with E-state index in [0.29, 0.717) is 5.25 Å². The molecule has 0 aromatic heterocycles. The Morgan fingerprint density at radius 3 is 3.05 bits per heavy atom. The van der Waals surface area contributed by atoms with Gasteiger partial charge in [0.05, 0.1) is 5.92 Å². The Bertz CT molecular complexity index is 428. The van der Waals surface area contributed by atoms with Crippen LogP contribution >= 0.6 is 11.8 Å². The maximum absolute atomic E-state index is 12.0. The summed E-state index contributed by atoms with van der Waals surface area (Å²) < 4.78 is 0. The zero-order valence-electron chi connectivity index (χ0n) is 11.6. The number of benzene rings is 1. The van der Waals surface area contributed by atoms with Gasteiger partial charge in [-0.15, -0.1) is 0 Å². The van der Waals surface area contributed by atoms with E-state index in [1.165, 1.54) is 5.56 Å². The summed E-state index contributed by atoms with van der Waals surface area (Å²) in [7, 11) is 0. The van der Waals surface area contributed by atoms with Gasteiger partial charge in [0, 0.05) is 18.0 Å². The van der Waals surface area contributed by atoms with E-state index in [9.17, 15) is 4.79 Å². The number of carbonyl (C=O) groups is 1. The van der Waals surface area contributed by atoms with Crippen molar-refractivity contribution in [2.45, 2.75) is 31.3 Å². The molecule has 0 spiro atoms. The van der Waals surface area contributed by atoms with Crippen molar-refractivity contribution >= 4 is 23.4 Å². The summed E-state index contributed by atoms with van der Waals surface area (Å²) in [6.07, 6.45) is 0.939. The first-order valence-electron chi connectivity index (χ1n) is 6.87. The molecule has 0 unspecified atom stereocenters. The first kappa shape index (κ1) is 14.4. The summed E-state index contributed by atoms with van der Waals surface area (Å²) in [4.78, 5) is 12.0. The average Bonchev–Trinajstić information content (AvgIpc) is 2.91. The molecule has 0 bridgehead atoms. The molecule has 1 amide bonds. The molecule has 0 radical (unpaired) electrons. The molecule has 1 aromatic rings. The lowest BCUT2D eigenvalue weighted by molar-refractivity contribution is -0.119. The van der Waals surface area contributed by atoms with E-state index in [0.717, 1.165) is 31.0 Å². The van der Waals surface area contributed by atoms with Gasteiger partial charge >= 0.3 is 0 Å². The topological polar surface area (TPSA) is 41.1 Å². The predicted octanol–water partition coefficient (Wildman–Crippen LogP) is 2.88. The van der Waals surface area contributed by atoms with Crippen molar-refractivity contribution in [3.63, 3.8) is 0 Å². The lowest BCUT2D eigenvalue weighted by Gasteiger charge is -2.11. The average molecular weight is 278 g/mol. The molecule has 1 heterocycles. The van der Waals surface area contributed by atoms with Gasteiger partial charge in [0.2, 0.25) is 5.91 Å². The fraction of sp³-hybridized carbons (Fsp3) is 0.533. The first-order chi connectivity index (χ1) is 9.15. The molecule has 104 valence electrons. The van der Waals surface area contributed by atoms with Crippen molar-refractivity contribution in [1.82, 2.24) is 5.32 Å². The number of rotatable bonds is 5. The van der Waals surface area contributed by atoms with Gasteiger partial charge in [-0.2, -0.15) is 11.8 Å². The van der Waals surface area contributed by atoms with Gasteiger partial charge in [0.25, 0.3) is 0 Å². The van der Waals surface area contributed by atoms with E-state index in [-0.39, 0.29) is 11.8 Å². The molecule has 2 rings (SSSR count). The smallest absolute Gasteiger partial charge is 0.228 e. The van der Waals surface area contributed by atoms with Gasteiger partial charge in [-0.3, -0.25) is 4.79 Å². The van der Waals surface area contributed by atoms with Crippen LogP contribution in [0.1, 0.15) is 25.8 Å². The monoisotopic (exact) mass is 278 g/mol. The summed E-state index contributed by atoms with van der Waals surface area (Å²) in [5.74, 6) is 1.25. The minimum atomic E-state index is 0.119. The van der Waals surface area contributed by atoms with Crippen LogP contribution < -0.4 is 10.6 Å². The van der Waals surface area contributed by atoms with Gasteiger partial charge in [-0.25, -0.2) is 0 Å². The molecular weight excluding hydrogens is 256 g/mol. The van der Waals surface area contributed by atoms with Crippen molar-refractivity contribution < 1.29 is 4.79 Å². The lowest BCUT2D eigenvalue weighted by atomic mass is 10.1. The molecule has 1 fully saturated rings. The highest BCUT2D eigenvalue weighted by atomic mass is 32.2. The van der Waals surface area contributed by atoms with Crippen LogP contribution in [0, 0.1) is 5.92 Å². The number of amides is 1. The number of carbonyl (C=O) groups excluding carboxylic acids is 1. The zero-order valence-corrected chi connectivity index (χ0v) is 12.4. The van der Waals surface area contributed by atoms with E-state index in [4.69, 9.17) is 0 Å². The highest BCUT2D eigenvalue weighted by molar-refractivity contribution is 7.99. The first-order valence-corrected chi connectivity index (χ1v) is 7.92. The number of anilines is 1. The van der Waals surface area contributed by atoms with Gasteiger partial charge in [0.15, 0.2) is 0 Å². The summed E-state index contributed by atoms with van der Waals surface area (Å²) >= 11 is 1.91. The maximum Gasteiger partial charge on any atom is 0.228 e. The van der Waals surface area contributed by atoms with E-state index in [1.807, 2.05) is 23.9 Å². The van der Waals surface area contributed by atoms with E-state index in [2.05, 4.69) is 36.6 Å². The maximum atomic E-state index is 12.0. The summed E-state index contributed by atoms with van der Waals surface area (Å²) in [5, 5.41) is 6.87. The quantitative estimate of drug-likeness (QED) is 0.870. The second-order valence-corrected chi connectivity index (χ2v) is 6.80. The second-order valence-electron chi connectivity index (χ2n) is 5.24. The third-order valence-electron chi connectivity index (χ3n) is 3.21. The van der Waals surface area contributed by atoms with Crippen LogP contribution in [0.4, 0.5) is 5.69 Å². The molecule has 1 aromatic carbocycles. The highest BCUT2D eigenvalue weighted by Crippen LogP contribution is 2.20. The van der Waals surface area contributed by atoms with Crippen LogP contribution in [-0.4, -0.2) is 24.2 Å². The third kappa shape index (κ3) is 4.55. The minimum Gasteiger partial charge on any atom is -0.326 e. The van der Waals surface area contributed by atoms with Crippen LogP contribution in [0.15, 0.2) is 24.3 Å². The fourth-order valence-corrected chi connectivity index (χ4v) is 2.83. The third-order valence-corrected chi connectivity index (χ3v) is 4.38. The molecule has 1 saturated heterocycles. The van der Waals surface area contributed by atoms with Crippen LogP contribution in [0.25, 0.3) is 0 Å². The Morgan fingerprint density at radius 2 is 2.37 bits per heavy atom. The van der Waals surface area contributed by atoms with Gasteiger partial charge in [0.1, 0.15) is 0 Å². The lowest BCUT2D eigenvalue weighted by Crippen LogP contribution is -2.24. The van der Waals surface area contributed by atoms with Crippen molar-refractivity contribution in [2.24, 2.45) is 5.92 Å². The number of thioether (sulfide) groups is 1. The molecule has 0 saturated carbocycles. The van der Waals surface area contributed by atoms with Gasteiger partial charge in [-0.05, 0) is 35.9 Å². The molecule has 1 aliphatic heterocycles. The standard InChI is InChI=1S/C15H22N2OS/c1-11(2)19-10-12-4-3-5-14(8-12)17-15(18)13-6-7-16-9-13/h3-5,8,11,13,16H,6-7,9-10H2,1-2H3,(H,17,18)/t13-/m1/s1. The van der Waals surface area contributed by atoms with Gasteiger partial charge in [-0.1, -0.05) is 26.0 Å². The predicted molar refractivity (Wildman–Crippen MR) is 82.5 cm³/mol. The zero-order chi connectivity index (χ0) is 13.7. The van der Waals surface area contributed by atoms with Crippen molar-refractivity contribution in [1.29, 1.82) is 0 Å². The Morgan fingerprint density at radius 1 is 1.53 bits per heavy atom. The van der Waals surface area contributed by atoms with Crippen LogP contribution in [0.3, 0.4) is 0 Å². The minimum absolute atomic E-state index is 0.119. The van der Waals surface area contributed by atoms with Gasteiger partial charge < -0.3 is 10.6 Å². The molecule has 3 nitrogen and oxygen atoms in total. The molecular formula is C15H22N2OS. The molecule has 1 atom stereocenters. The molecule has 0 aliphatic carbocycles. The number of hydrogen-bond acceptors (Lipinski definition) is 3. The van der Waals surface area contributed by atoms with Crippen LogP contribution in [-0.2, 0) is 10.5 Å². The SMILES string of the molecule is CC(C)SCc1cccc(NC(=O)[C@@H]2CCNC2)c1. The number of nitrogens with one attached hydrogen (secondary N) is 2. The Kier molecular flexibility index (Phi) is 5.28. The molecule has 19 heavy (non-hydrogen) atoms. The Hall–Kier alpha value is -1.00. The highest BCUT2D eigenvalue weighted by Gasteiger charge is 2.22. The van der Waals surface area contributed by atoms with Crippen molar-refractivity contribution in [3.05, 3.63) is 29.8 Å². The van der Waals surface area contributed by atoms with Crippen molar-refractivity contribution in [2.75, 3.05) is 18.4 Å². The molecule has 4 heteroatoms. The van der Waals surface area contributed by atoms with Crippen LogP contribution in [0.5, 0.6) is 0 Å². The Balaban J connectivity index is 1.92. The Labute approximate surface area is 119 Å². The normalized spacial score (nSPS) is 18.8. The summed E-state index contributed by atoms with van der Waals surface area (Å²) in [5.41, 5.74) is 2.18.